The number of rotatable bonds is 3. The maximum atomic E-state index is 11.8. The van der Waals surface area contributed by atoms with Crippen LogP contribution >= 0.6 is 0 Å². The van der Waals surface area contributed by atoms with Crippen LogP contribution < -0.4 is 5.43 Å². The molecule has 0 spiro atoms. The molecular formula is C15H16N2O3. The molecule has 2 rings (SSSR count). The summed E-state index contributed by atoms with van der Waals surface area (Å²) in [6.45, 7) is 5.73. The van der Waals surface area contributed by atoms with Crippen LogP contribution in [0.1, 0.15) is 22.5 Å². The Morgan fingerprint density at radius 3 is 2.55 bits per heavy atom. The van der Waals surface area contributed by atoms with Crippen LogP contribution in [0.15, 0.2) is 29.1 Å². The Balaban J connectivity index is 2.61. The van der Waals surface area contributed by atoms with Gasteiger partial charge in [-0.15, -0.1) is 0 Å². The van der Waals surface area contributed by atoms with E-state index in [1.54, 1.807) is 11.6 Å². The molecule has 0 fully saturated rings. The number of carbonyl (C=O) groups is 1. The molecule has 1 aromatic heterocycles. The molecule has 0 aliphatic carbocycles. The van der Waals surface area contributed by atoms with E-state index in [0.717, 1.165) is 16.8 Å². The van der Waals surface area contributed by atoms with Crippen molar-refractivity contribution in [3.63, 3.8) is 0 Å². The topological polar surface area (TPSA) is 72.2 Å². The molecule has 0 aliphatic heterocycles. The zero-order valence-electron chi connectivity index (χ0n) is 11.7. The molecule has 0 saturated heterocycles. The molecular weight excluding hydrogens is 256 g/mol. The predicted molar refractivity (Wildman–Crippen MR) is 75.4 cm³/mol. The van der Waals surface area contributed by atoms with E-state index >= 15 is 0 Å². The summed E-state index contributed by atoms with van der Waals surface area (Å²) in [7, 11) is 0. The van der Waals surface area contributed by atoms with E-state index in [0.29, 0.717) is 5.69 Å². The summed E-state index contributed by atoms with van der Waals surface area (Å²) in [5.41, 5.74) is 3.38. The van der Waals surface area contributed by atoms with Crippen LogP contribution in [0.25, 0.3) is 5.69 Å². The van der Waals surface area contributed by atoms with E-state index in [2.05, 4.69) is 5.10 Å². The third-order valence-electron chi connectivity index (χ3n) is 3.08. The summed E-state index contributed by atoms with van der Waals surface area (Å²) in [5, 5.41) is 13.0. The number of nitrogens with zero attached hydrogens (tertiary/aromatic N) is 2. The van der Waals surface area contributed by atoms with Gasteiger partial charge in [0, 0.05) is 11.8 Å². The molecule has 0 bridgehead atoms. The summed E-state index contributed by atoms with van der Waals surface area (Å²) >= 11 is 0. The van der Waals surface area contributed by atoms with Gasteiger partial charge in [-0.05, 0) is 32.4 Å². The highest BCUT2D eigenvalue weighted by Crippen LogP contribution is 2.16. The first-order chi connectivity index (χ1) is 9.38. The second-order valence-corrected chi connectivity index (χ2v) is 4.87. The number of aryl methyl sites for hydroxylation is 3. The molecule has 0 saturated carbocycles. The van der Waals surface area contributed by atoms with E-state index < -0.39 is 5.97 Å². The van der Waals surface area contributed by atoms with Crippen LogP contribution in [0.4, 0.5) is 0 Å². The van der Waals surface area contributed by atoms with Gasteiger partial charge in [0.15, 0.2) is 0 Å². The van der Waals surface area contributed by atoms with E-state index in [9.17, 15) is 9.59 Å². The first kappa shape index (κ1) is 14.0. The Morgan fingerprint density at radius 1 is 1.25 bits per heavy atom. The van der Waals surface area contributed by atoms with Gasteiger partial charge in [0.2, 0.25) is 5.43 Å². The quantitative estimate of drug-likeness (QED) is 0.924. The third kappa shape index (κ3) is 2.77. The molecule has 0 unspecified atom stereocenters. The molecule has 0 aliphatic rings. The third-order valence-corrected chi connectivity index (χ3v) is 3.08. The molecule has 2 aromatic rings. The summed E-state index contributed by atoms with van der Waals surface area (Å²) < 4.78 is 1.62. The smallest absolute Gasteiger partial charge is 0.309 e. The van der Waals surface area contributed by atoms with Gasteiger partial charge in [0.1, 0.15) is 5.69 Å². The van der Waals surface area contributed by atoms with Crippen LogP contribution in [0, 0.1) is 20.8 Å². The average molecular weight is 272 g/mol. The minimum atomic E-state index is -1.06. The Bertz CT molecular complexity index is 732. The van der Waals surface area contributed by atoms with Crippen molar-refractivity contribution in [2.45, 2.75) is 27.2 Å². The van der Waals surface area contributed by atoms with Crippen LogP contribution in [-0.4, -0.2) is 20.9 Å². The van der Waals surface area contributed by atoms with Gasteiger partial charge in [0.25, 0.3) is 0 Å². The Kier molecular flexibility index (Phi) is 3.70. The maximum absolute atomic E-state index is 11.8. The molecule has 0 atom stereocenters. The van der Waals surface area contributed by atoms with Crippen molar-refractivity contribution in [3.05, 3.63) is 57.0 Å². The highest BCUT2D eigenvalue weighted by Gasteiger charge is 2.12. The van der Waals surface area contributed by atoms with Crippen molar-refractivity contribution in [2.24, 2.45) is 0 Å². The van der Waals surface area contributed by atoms with Gasteiger partial charge in [0.05, 0.1) is 12.1 Å². The highest BCUT2D eigenvalue weighted by molar-refractivity contribution is 5.69. The second-order valence-electron chi connectivity index (χ2n) is 4.87. The van der Waals surface area contributed by atoms with Gasteiger partial charge in [-0.2, -0.15) is 5.10 Å². The number of hydrogen-bond donors (Lipinski definition) is 1. The maximum Gasteiger partial charge on any atom is 0.309 e. The van der Waals surface area contributed by atoms with Gasteiger partial charge in [-0.25, -0.2) is 4.68 Å². The number of benzene rings is 1. The fourth-order valence-corrected chi connectivity index (χ4v) is 2.14. The van der Waals surface area contributed by atoms with Crippen LogP contribution in [0.3, 0.4) is 0 Å². The highest BCUT2D eigenvalue weighted by atomic mass is 16.4. The van der Waals surface area contributed by atoms with Crippen LogP contribution in [0.2, 0.25) is 0 Å². The average Bonchev–Trinajstić information content (AvgIpc) is 2.33. The van der Waals surface area contributed by atoms with E-state index in [1.165, 1.54) is 6.07 Å². The lowest BCUT2D eigenvalue weighted by Crippen LogP contribution is -2.21. The van der Waals surface area contributed by atoms with Crippen molar-refractivity contribution in [3.8, 4) is 5.69 Å². The van der Waals surface area contributed by atoms with Crippen LogP contribution in [-0.2, 0) is 11.2 Å². The van der Waals surface area contributed by atoms with E-state index in [-0.39, 0.29) is 17.5 Å². The zero-order valence-corrected chi connectivity index (χ0v) is 11.7. The number of aromatic nitrogens is 2. The van der Waals surface area contributed by atoms with Crippen molar-refractivity contribution in [2.75, 3.05) is 0 Å². The Hall–Kier alpha value is -2.43. The van der Waals surface area contributed by atoms with Crippen molar-refractivity contribution >= 4 is 5.97 Å². The first-order valence-corrected chi connectivity index (χ1v) is 6.28. The molecule has 5 heteroatoms. The van der Waals surface area contributed by atoms with Gasteiger partial charge < -0.3 is 5.11 Å². The Labute approximate surface area is 116 Å². The molecule has 0 amide bonds. The van der Waals surface area contributed by atoms with E-state index in [4.69, 9.17) is 5.11 Å². The lowest BCUT2D eigenvalue weighted by molar-refractivity contribution is -0.136. The fourth-order valence-electron chi connectivity index (χ4n) is 2.14. The van der Waals surface area contributed by atoms with Gasteiger partial charge in [-0.1, -0.05) is 17.7 Å². The number of carboxylic acid groups (broad SMARTS) is 1. The molecule has 0 radical (unpaired) electrons. The zero-order chi connectivity index (χ0) is 14.9. The van der Waals surface area contributed by atoms with Gasteiger partial charge >= 0.3 is 5.97 Å². The number of carboxylic acids is 1. The molecule has 5 nitrogen and oxygen atoms in total. The van der Waals surface area contributed by atoms with E-state index in [1.807, 2.05) is 32.0 Å². The van der Waals surface area contributed by atoms with Gasteiger partial charge in [-0.3, -0.25) is 9.59 Å². The minimum absolute atomic E-state index is 0.0445. The lowest BCUT2D eigenvalue weighted by atomic mass is 10.1. The molecule has 104 valence electrons. The largest absolute Gasteiger partial charge is 0.481 e. The van der Waals surface area contributed by atoms with Crippen LogP contribution in [0.5, 0.6) is 0 Å². The first-order valence-electron chi connectivity index (χ1n) is 6.28. The number of hydrogen-bond acceptors (Lipinski definition) is 3. The standard InChI is InChI=1S/C15H16N2O3/c1-9-4-5-13(10(2)6-9)17-11(3)7-14(18)12(16-17)8-15(19)20/h4-7H,8H2,1-3H3,(H,19,20). The summed E-state index contributed by atoms with van der Waals surface area (Å²) in [6.07, 6.45) is -0.371. The monoisotopic (exact) mass is 272 g/mol. The Morgan fingerprint density at radius 2 is 1.95 bits per heavy atom. The van der Waals surface area contributed by atoms with Crippen molar-refractivity contribution in [1.29, 1.82) is 0 Å². The minimum Gasteiger partial charge on any atom is -0.481 e. The molecule has 20 heavy (non-hydrogen) atoms. The summed E-state index contributed by atoms with van der Waals surface area (Å²) in [6, 6.07) is 7.31. The SMILES string of the molecule is Cc1ccc(-n2nc(CC(=O)O)c(=O)cc2C)c(C)c1. The fraction of sp³-hybridized carbons (Fsp3) is 0.267. The van der Waals surface area contributed by atoms with Crippen molar-refractivity contribution < 1.29 is 9.90 Å². The number of aliphatic carboxylic acids is 1. The molecule has 1 N–H and O–H groups in total. The molecule has 1 heterocycles. The summed E-state index contributed by atoms with van der Waals surface area (Å²) in [5.74, 6) is -1.06. The summed E-state index contributed by atoms with van der Waals surface area (Å²) in [4.78, 5) is 22.5. The van der Waals surface area contributed by atoms with Crippen molar-refractivity contribution in [1.82, 2.24) is 9.78 Å². The lowest BCUT2D eigenvalue weighted by Gasteiger charge is -2.13. The second kappa shape index (κ2) is 5.28. The predicted octanol–water partition coefficient (Wildman–Crippen LogP) is 1.78. The molecule has 1 aromatic carbocycles. The normalized spacial score (nSPS) is 10.6.